The van der Waals surface area contributed by atoms with Gasteiger partial charge in [0.15, 0.2) is 6.10 Å². The average molecular weight is 909 g/mol. The van der Waals surface area contributed by atoms with Crippen LogP contribution in [0.15, 0.2) is 60.8 Å². The van der Waals surface area contributed by atoms with Crippen molar-refractivity contribution in [2.45, 2.75) is 284 Å². The smallest absolute Gasteiger partial charge is 0.306 e. The summed E-state index contributed by atoms with van der Waals surface area (Å²) >= 11 is 0. The Morgan fingerprint density at radius 1 is 0.308 bits per heavy atom. The third-order valence-electron chi connectivity index (χ3n) is 12.0. The van der Waals surface area contributed by atoms with Gasteiger partial charge >= 0.3 is 17.9 Å². The quantitative estimate of drug-likeness (QED) is 0.0262. The molecule has 376 valence electrons. The number of rotatable bonds is 50. The van der Waals surface area contributed by atoms with Gasteiger partial charge in [0.25, 0.3) is 0 Å². The van der Waals surface area contributed by atoms with E-state index in [9.17, 15) is 14.4 Å². The van der Waals surface area contributed by atoms with Gasteiger partial charge in [-0.15, -0.1) is 0 Å². The molecule has 1 atom stereocenters. The normalized spacial score (nSPS) is 12.5. The van der Waals surface area contributed by atoms with Crippen LogP contribution in [-0.4, -0.2) is 37.2 Å². The van der Waals surface area contributed by atoms with Crippen molar-refractivity contribution < 1.29 is 28.6 Å². The Hall–Kier alpha value is -2.89. The van der Waals surface area contributed by atoms with E-state index in [-0.39, 0.29) is 31.1 Å². The van der Waals surface area contributed by atoms with Gasteiger partial charge in [0, 0.05) is 19.3 Å². The number of esters is 3. The Bertz CT molecular complexity index is 1180. The van der Waals surface area contributed by atoms with Gasteiger partial charge < -0.3 is 14.2 Å². The van der Waals surface area contributed by atoms with E-state index >= 15 is 0 Å². The zero-order valence-corrected chi connectivity index (χ0v) is 43.0. The molecule has 0 saturated carbocycles. The first kappa shape index (κ1) is 62.1. The van der Waals surface area contributed by atoms with Crippen LogP contribution in [0.5, 0.6) is 0 Å². The molecule has 0 aliphatic heterocycles. The highest BCUT2D eigenvalue weighted by molar-refractivity contribution is 5.71. The molecule has 0 amide bonds. The first-order valence-corrected chi connectivity index (χ1v) is 27.8. The van der Waals surface area contributed by atoms with Crippen LogP contribution in [0.25, 0.3) is 0 Å². The summed E-state index contributed by atoms with van der Waals surface area (Å²) in [4.78, 5) is 38.0. The van der Waals surface area contributed by atoms with Crippen LogP contribution in [0.3, 0.4) is 0 Å². The number of carbonyl (C=O) groups excluding carboxylic acids is 3. The van der Waals surface area contributed by atoms with Gasteiger partial charge in [-0.25, -0.2) is 0 Å². The Labute approximate surface area is 402 Å². The topological polar surface area (TPSA) is 78.9 Å². The van der Waals surface area contributed by atoms with Crippen LogP contribution < -0.4 is 0 Å². The number of ether oxygens (including phenoxy) is 3. The standard InChI is InChI=1S/C59H104O6/c1-4-7-10-13-16-19-22-24-26-28-29-31-32-34-37-40-43-46-49-52-58(61)64-55-56(54-63-57(60)51-48-45-42-39-36-21-18-15-12-9-6-3)65-59(62)53-50-47-44-41-38-35-33-30-27-25-23-20-17-14-11-8-5-2/h15-16,18-19,24-27,29,31,56H,4-14,17,20-23,28,30,32-55H2,1-3H3/b18-15-,19-16-,26-24-,27-25-,31-29-. The van der Waals surface area contributed by atoms with Gasteiger partial charge in [-0.05, 0) is 103 Å². The lowest BCUT2D eigenvalue weighted by molar-refractivity contribution is -0.167. The van der Waals surface area contributed by atoms with Crippen molar-refractivity contribution in [3.8, 4) is 0 Å². The number of carbonyl (C=O) groups is 3. The molecular weight excluding hydrogens is 805 g/mol. The number of allylic oxidation sites excluding steroid dienone is 10. The summed E-state index contributed by atoms with van der Waals surface area (Å²) in [5, 5.41) is 0. The van der Waals surface area contributed by atoms with E-state index < -0.39 is 6.10 Å². The minimum absolute atomic E-state index is 0.0841. The van der Waals surface area contributed by atoms with E-state index in [1.807, 2.05) is 0 Å². The molecule has 0 aliphatic rings. The monoisotopic (exact) mass is 909 g/mol. The van der Waals surface area contributed by atoms with Gasteiger partial charge in [0.1, 0.15) is 13.2 Å². The van der Waals surface area contributed by atoms with Crippen LogP contribution in [0.4, 0.5) is 0 Å². The highest BCUT2D eigenvalue weighted by Gasteiger charge is 2.19. The lowest BCUT2D eigenvalue weighted by Crippen LogP contribution is -2.30. The van der Waals surface area contributed by atoms with Crippen LogP contribution >= 0.6 is 0 Å². The zero-order valence-electron chi connectivity index (χ0n) is 43.0. The number of hydrogen-bond acceptors (Lipinski definition) is 6. The summed E-state index contributed by atoms with van der Waals surface area (Å²) in [5.74, 6) is -0.903. The largest absolute Gasteiger partial charge is 0.462 e. The summed E-state index contributed by atoms with van der Waals surface area (Å²) in [6.07, 6.45) is 66.3. The van der Waals surface area contributed by atoms with Gasteiger partial charge in [-0.1, -0.05) is 216 Å². The first-order valence-electron chi connectivity index (χ1n) is 27.8. The second-order valence-corrected chi connectivity index (χ2v) is 18.5. The third-order valence-corrected chi connectivity index (χ3v) is 12.0. The fraction of sp³-hybridized carbons (Fsp3) is 0.780. The molecule has 0 radical (unpaired) electrons. The van der Waals surface area contributed by atoms with Crippen molar-refractivity contribution in [2.24, 2.45) is 0 Å². The minimum Gasteiger partial charge on any atom is -0.462 e. The van der Waals surface area contributed by atoms with E-state index in [1.54, 1.807) is 0 Å². The summed E-state index contributed by atoms with van der Waals surface area (Å²) < 4.78 is 16.8. The molecule has 0 bridgehead atoms. The molecule has 0 aromatic heterocycles. The maximum atomic E-state index is 12.8. The molecule has 0 fully saturated rings. The van der Waals surface area contributed by atoms with Crippen LogP contribution in [0.1, 0.15) is 278 Å². The van der Waals surface area contributed by atoms with Crippen LogP contribution in [0.2, 0.25) is 0 Å². The van der Waals surface area contributed by atoms with Gasteiger partial charge in [-0.3, -0.25) is 14.4 Å². The van der Waals surface area contributed by atoms with Crippen LogP contribution in [-0.2, 0) is 28.6 Å². The summed E-state index contributed by atoms with van der Waals surface area (Å²) in [5.41, 5.74) is 0. The van der Waals surface area contributed by atoms with Crippen molar-refractivity contribution in [1.29, 1.82) is 0 Å². The predicted octanol–water partition coefficient (Wildman–Crippen LogP) is 18.4. The lowest BCUT2D eigenvalue weighted by Gasteiger charge is -2.18. The fourth-order valence-corrected chi connectivity index (χ4v) is 7.72. The van der Waals surface area contributed by atoms with Crippen molar-refractivity contribution in [1.82, 2.24) is 0 Å². The first-order chi connectivity index (χ1) is 32.0. The van der Waals surface area contributed by atoms with Crippen LogP contribution in [0, 0.1) is 0 Å². The predicted molar refractivity (Wildman–Crippen MR) is 279 cm³/mol. The number of hydrogen-bond donors (Lipinski definition) is 0. The second-order valence-electron chi connectivity index (χ2n) is 18.5. The maximum Gasteiger partial charge on any atom is 0.306 e. The Kier molecular flexibility index (Phi) is 51.3. The SMILES string of the molecule is CCCC/C=C\CCCCCCCC(=O)OCC(COC(=O)CCCCCCCC/C=C\C/C=C\C/C=C\CCCCC)OC(=O)CCCCCCCCC/C=C\CCCCCCCC. The van der Waals surface area contributed by atoms with E-state index in [1.165, 1.54) is 154 Å². The molecule has 6 heteroatoms. The molecule has 0 aromatic carbocycles. The molecule has 0 N–H and O–H groups in total. The second kappa shape index (κ2) is 53.7. The van der Waals surface area contributed by atoms with Gasteiger partial charge in [-0.2, -0.15) is 0 Å². The Morgan fingerprint density at radius 3 is 0.954 bits per heavy atom. The van der Waals surface area contributed by atoms with Crippen molar-refractivity contribution in [2.75, 3.05) is 13.2 Å². The Morgan fingerprint density at radius 2 is 0.569 bits per heavy atom. The van der Waals surface area contributed by atoms with E-state index in [2.05, 4.69) is 81.5 Å². The maximum absolute atomic E-state index is 12.8. The highest BCUT2D eigenvalue weighted by Crippen LogP contribution is 2.15. The van der Waals surface area contributed by atoms with E-state index in [0.717, 1.165) is 83.5 Å². The molecule has 6 nitrogen and oxygen atoms in total. The van der Waals surface area contributed by atoms with E-state index in [0.29, 0.717) is 19.3 Å². The lowest BCUT2D eigenvalue weighted by atomic mass is 10.1. The average Bonchev–Trinajstić information content (AvgIpc) is 3.30. The highest BCUT2D eigenvalue weighted by atomic mass is 16.6. The van der Waals surface area contributed by atoms with Crippen molar-refractivity contribution >= 4 is 17.9 Å². The molecule has 0 heterocycles. The van der Waals surface area contributed by atoms with Gasteiger partial charge in [0.2, 0.25) is 0 Å². The zero-order chi connectivity index (χ0) is 47.2. The summed E-state index contributed by atoms with van der Waals surface area (Å²) in [6.45, 7) is 6.56. The van der Waals surface area contributed by atoms with Crippen molar-refractivity contribution in [3.05, 3.63) is 60.8 Å². The molecule has 65 heavy (non-hydrogen) atoms. The summed E-state index contributed by atoms with van der Waals surface area (Å²) in [7, 11) is 0. The molecule has 0 saturated heterocycles. The molecule has 0 spiro atoms. The number of unbranched alkanes of at least 4 members (excludes halogenated alkanes) is 29. The van der Waals surface area contributed by atoms with Gasteiger partial charge in [0.05, 0.1) is 0 Å². The Balaban J connectivity index is 4.37. The molecule has 0 aliphatic carbocycles. The fourth-order valence-electron chi connectivity index (χ4n) is 7.72. The minimum atomic E-state index is -0.784. The van der Waals surface area contributed by atoms with E-state index in [4.69, 9.17) is 14.2 Å². The molecule has 0 aromatic rings. The summed E-state index contributed by atoms with van der Waals surface area (Å²) in [6, 6.07) is 0. The molecule has 1 unspecified atom stereocenters. The van der Waals surface area contributed by atoms with Crippen molar-refractivity contribution in [3.63, 3.8) is 0 Å². The third kappa shape index (κ3) is 51.9. The molecular formula is C59H104O6. The molecule has 0 rings (SSSR count).